The summed E-state index contributed by atoms with van der Waals surface area (Å²) in [5, 5.41) is 6.23. The van der Waals surface area contributed by atoms with Crippen molar-refractivity contribution < 1.29 is 22.7 Å². The molecule has 2 aromatic heterocycles. The first-order valence-electron chi connectivity index (χ1n) is 20.4. The third-order valence-corrected chi connectivity index (χ3v) is 14.7. The van der Waals surface area contributed by atoms with E-state index in [1.165, 1.54) is 26.1 Å². The van der Waals surface area contributed by atoms with Crippen LogP contribution in [0.4, 0.5) is 0 Å². The Balaban J connectivity index is 1.25. The van der Waals surface area contributed by atoms with E-state index in [9.17, 15) is 18.0 Å². The highest BCUT2D eigenvalue weighted by molar-refractivity contribution is 7.87. The van der Waals surface area contributed by atoms with E-state index >= 15 is 0 Å². The van der Waals surface area contributed by atoms with Crippen molar-refractivity contribution in [2.24, 2.45) is 0 Å². The number of likely N-dealkylation sites (N-methyl/N-ethyl adjacent to an activating group) is 1. The molecule has 4 fully saturated rings. The summed E-state index contributed by atoms with van der Waals surface area (Å²) in [6.45, 7) is 7.25. The highest BCUT2D eigenvalue weighted by Crippen LogP contribution is 2.49. The van der Waals surface area contributed by atoms with Gasteiger partial charge in [-0.1, -0.05) is 32.3 Å². The molecule has 0 radical (unpaired) electrons. The van der Waals surface area contributed by atoms with E-state index in [0.29, 0.717) is 24.1 Å². The van der Waals surface area contributed by atoms with Gasteiger partial charge in [0.1, 0.15) is 5.75 Å². The van der Waals surface area contributed by atoms with Crippen LogP contribution in [0.15, 0.2) is 36.4 Å². The summed E-state index contributed by atoms with van der Waals surface area (Å²) >= 11 is 0. The van der Waals surface area contributed by atoms with Crippen LogP contribution in [0.3, 0.4) is 0 Å². The maximum Gasteiger partial charge on any atom is 0.303 e. The number of carbonyl (C=O) groups is 2. The largest absolute Gasteiger partial charge is 0.497 e. The molecule has 5 heterocycles. The Hall–Kier alpha value is -4.46. The quantitative estimate of drug-likeness (QED) is 0.203. The summed E-state index contributed by atoms with van der Waals surface area (Å²) in [5.74, 6) is 0.445. The fourth-order valence-electron chi connectivity index (χ4n) is 10.1. The monoisotopic (exact) mass is 779 g/mol. The molecular weight excluding hydrogens is 727 g/mol. The number of methoxy groups -OCH3 is 1. The standard InChI is InChI=1S/C43H53N7O5S/c1-6-47-24-33-22-32(47)25-48(33)43(52)38-26(2)44-50(31-13-10-14-31)40(38)30-19-29-20-34(55-5)16-18-35(29)41-39(27-11-8-7-9-12-27)36-17-15-28(21-37(36)49(41)23-30)42(51)45-56(53,54)46(3)4/h15-21,27,31-33H,6-14,22-25H2,1-5H3,(H,45,51)/t32-,33-/m0/s1. The number of piperazine rings is 1. The second kappa shape index (κ2) is 14.2. The van der Waals surface area contributed by atoms with Crippen LogP contribution in [0, 0.1) is 6.92 Å². The molecule has 3 aliphatic heterocycles. The second-order valence-electron chi connectivity index (χ2n) is 16.7. The van der Waals surface area contributed by atoms with Crippen LogP contribution in [0.5, 0.6) is 5.75 Å². The molecule has 2 saturated carbocycles. The van der Waals surface area contributed by atoms with Crippen molar-refractivity contribution >= 4 is 44.6 Å². The minimum atomic E-state index is -4.00. The lowest BCUT2D eigenvalue weighted by atomic mass is 9.81. The summed E-state index contributed by atoms with van der Waals surface area (Å²) in [5.41, 5.74) is 8.85. The van der Waals surface area contributed by atoms with Gasteiger partial charge in [-0.2, -0.15) is 17.8 Å². The Morgan fingerprint density at radius 3 is 2.39 bits per heavy atom. The lowest BCUT2D eigenvalue weighted by molar-refractivity contribution is 0.0629. The van der Waals surface area contributed by atoms with Gasteiger partial charge in [0.05, 0.1) is 42.3 Å². The minimum Gasteiger partial charge on any atom is -0.497 e. The van der Waals surface area contributed by atoms with Crippen LogP contribution in [-0.4, -0.2) is 102 Å². The van der Waals surface area contributed by atoms with Gasteiger partial charge in [-0.15, -0.1) is 0 Å². The maximum atomic E-state index is 14.9. The first-order valence-corrected chi connectivity index (χ1v) is 21.9. The molecule has 2 amide bonds. The van der Waals surface area contributed by atoms with Gasteiger partial charge >= 0.3 is 10.2 Å². The van der Waals surface area contributed by atoms with Crippen LogP contribution < -0.4 is 9.46 Å². The van der Waals surface area contributed by atoms with Crippen molar-refractivity contribution in [2.75, 3.05) is 40.8 Å². The van der Waals surface area contributed by atoms with Crippen LogP contribution >= 0.6 is 0 Å². The van der Waals surface area contributed by atoms with E-state index in [1.54, 1.807) is 13.2 Å². The molecule has 5 aliphatic rings. The number of ether oxygens (including phenoxy) is 1. The Labute approximate surface area is 329 Å². The van der Waals surface area contributed by atoms with Crippen molar-refractivity contribution in [1.82, 2.24) is 33.2 Å². The van der Waals surface area contributed by atoms with Gasteiger partial charge in [0.25, 0.3) is 11.8 Å². The molecule has 2 aliphatic carbocycles. The second-order valence-corrected chi connectivity index (χ2v) is 18.6. The number of rotatable bonds is 9. The van der Waals surface area contributed by atoms with Gasteiger partial charge in [0.15, 0.2) is 0 Å². The van der Waals surface area contributed by atoms with Gasteiger partial charge in [-0.25, -0.2) is 4.72 Å². The van der Waals surface area contributed by atoms with Crippen molar-refractivity contribution in [3.63, 3.8) is 0 Å². The molecule has 9 rings (SSSR count). The van der Waals surface area contributed by atoms with E-state index in [4.69, 9.17) is 9.84 Å². The van der Waals surface area contributed by atoms with Crippen LogP contribution in [0.1, 0.15) is 120 Å². The predicted molar refractivity (Wildman–Crippen MR) is 218 cm³/mol. The molecule has 296 valence electrons. The molecule has 0 spiro atoms. The zero-order valence-electron chi connectivity index (χ0n) is 33.2. The lowest BCUT2D eigenvalue weighted by Crippen LogP contribution is -2.48. The topological polar surface area (TPSA) is 122 Å². The van der Waals surface area contributed by atoms with Gasteiger partial charge < -0.3 is 14.2 Å². The molecule has 2 saturated heterocycles. The first-order chi connectivity index (χ1) is 27.0. The average Bonchev–Trinajstić information content (AvgIpc) is 3.91. The van der Waals surface area contributed by atoms with Crippen LogP contribution in [0.25, 0.3) is 33.8 Å². The highest BCUT2D eigenvalue weighted by atomic mass is 32.2. The lowest BCUT2D eigenvalue weighted by Gasteiger charge is -2.34. The highest BCUT2D eigenvalue weighted by Gasteiger charge is 2.46. The zero-order valence-corrected chi connectivity index (χ0v) is 34.0. The molecule has 2 atom stereocenters. The minimum absolute atomic E-state index is 0.0591. The number of nitrogens with zero attached hydrogens (tertiary/aromatic N) is 6. The number of allylic oxidation sites excluding steroid dienone is 1. The maximum absolute atomic E-state index is 14.9. The number of nitrogens with one attached hydrogen (secondary N) is 1. The number of hydrogen-bond donors (Lipinski definition) is 1. The summed E-state index contributed by atoms with van der Waals surface area (Å²) < 4.78 is 39.0. The van der Waals surface area contributed by atoms with E-state index in [-0.39, 0.29) is 23.6 Å². The fourth-order valence-corrected chi connectivity index (χ4v) is 10.7. The predicted octanol–water partition coefficient (Wildman–Crippen LogP) is 6.60. The summed E-state index contributed by atoms with van der Waals surface area (Å²) in [4.78, 5) is 33.1. The Morgan fingerprint density at radius 1 is 0.946 bits per heavy atom. The summed E-state index contributed by atoms with van der Waals surface area (Å²) in [6.07, 6.45) is 12.0. The van der Waals surface area contributed by atoms with Crippen molar-refractivity contribution in [1.29, 1.82) is 0 Å². The number of likely N-dealkylation sites (tertiary alicyclic amines) is 2. The molecular formula is C43H53N7O5S. The number of hydrogen-bond acceptors (Lipinski definition) is 7. The van der Waals surface area contributed by atoms with E-state index in [2.05, 4.69) is 48.9 Å². The molecule has 2 bridgehead atoms. The van der Waals surface area contributed by atoms with Gasteiger partial charge in [-0.3, -0.25) is 19.2 Å². The molecule has 1 N–H and O–H groups in total. The molecule has 12 nitrogen and oxygen atoms in total. The number of carbonyl (C=O) groups excluding carboxylic acids is 2. The molecule has 56 heavy (non-hydrogen) atoms. The number of benzene rings is 2. The van der Waals surface area contributed by atoms with Crippen molar-refractivity contribution in [3.8, 4) is 17.0 Å². The molecule has 13 heteroatoms. The molecule has 0 unspecified atom stereocenters. The van der Waals surface area contributed by atoms with Crippen LogP contribution in [0.2, 0.25) is 0 Å². The number of amides is 2. The normalized spacial score (nSPS) is 21.5. The van der Waals surface area contributed by atoms with E-state index < -0.39 is 16.1 Å². The number of aryl methyl sites for hydroxylation is 1. The Kier molecular flexibility index (Phi) is 9.40. The van der Waals surface area contributed by atoms with Crippen molar-refractivity contribution in [2.45, 2.75) is 102 Å². The molecule has 4 aromatic rings. The van der Waals surface area contributed by atoms with Crippen molar-refractivity contribution in [3.05, 3.63) is 70.0 Å². The van der Waals surface area contributed by atoms with Gasteiger partial charge in [0, 0.05) is 61.3 Å². The zero-order chi connectivity index (χ0) is 39.0. The average molecular weight is 780 g/mol. The van der Waals surface area contributed by atoms with Gasteiger partial charge in [-0.05, 0) is 111 Å². The van der Waals surface area contributed by atoms with E-state index in [0.717, 1.165) is 126 Å². The third-order valence-electron chi connectivity index (χ3n) is 13.3. The van der Waals surface area contributed by atoms with Gasteiger partial charge in [0.2, 0.25) is 0 Å². The first kappa shape index (κ1) is 37.1. The Bertz CT molecular complexity index is 2380. The molecule has 2 aromatic carbocycles. The SMILES string of the molecule is CCN1C[C@@H]2C[C@H]1CN2C(=O)c1c(C)nn(C2CCC2)c1C1=Cc2cc(OC)ccc2-c2c(C3CCCCC3)c3ccc(C(=O)NS(=O)(=O)N(C)C)cc3n2C1. The smallest absolute Gasteiger partial charge is 0.303 e. The number of fused-ring (bicyclic) bond motifs is 7. The third kappa shape index (κ3) is 6.08. The fraction of sp³-hybridized carbons (Fsp3) is 0.512. The number of aromatic nitrogens is 3. The van der Waals surface area contributed by atoms with Crippen LogP contribution in [-0.2, 0) is 16.8 Å². The van der Waals surface area contributed by atoms with E-state index in [1.807, 2.05) is 25.1 Å². The summed E-state index contributed by atoms with van der Waals surface area (Å²) in [6, 6.07) is 12.6. The summed E-state index contributed by atoms with van der Waals surface area (Å²) in [7, 11) is 0.472. The Morgan fingerprint density at radius 2 is 1.73 bits per heavy atom.